The number of rotatable bonds is 0. The van der Waals surface area contributed by atoms with Gasteiger partial charge in [0.25, 0.3) is 0 Å². The van der Waals surface area contributed by atoms with Crippen molar-refractivity contribution in [3.05, 3.63) is 0 Å². The molecule has 0 unspecified atom stereocenters. The lowest BCUT2D eigenvalue weighted by atomic mass is 11.0. The summed E-state index contributed by atoms with van der Waals surface area (Å²) in [5.74, 6) is 0. The fourth-order valence-electron chi connectivity index (χ4n) is 0. The van der Waals surface area contributed by atoms with Gasteiger partial charge >= 0.3 is 0 Å². The summed E-state index contributed by atoms with van der Waals surface area (Å²) in [5.41, 5.74) is 0. The minimum Gasteiger partial charge on any atom is -0.400 e. The second-order valence-corrected chi connectivity index (χ2v) is 2.05. The molecule has 0 saturated heterocycles. The monoisotopic (exact) mass is 130 g/mol. The molecule has 0 rings (SSSR count). The van der Waals surface area contributed by atoms with Crippen LogP contribution in [0.2, 0.25) is 0 Å². The lowest BCUT2D eigenvalue weighted by Gasteiger charge is -1.72. The molecule has 0 spiro atoms. The van der Waals surface area contributed by atoms with Gasteiger partial charge in [-0.25, -0.2) is 0 Å². The number of alkyl halides is 2. The Morgan fingerprint density at radius 1 is 1.33 bits per heavy atom. The van der Waals surface area contributed by atoms with E-state index in [1.165, 1.54) is 0 Å². The van der Waals surface area contributed by atoms with E-state index in [4.69, 9.17) is 28.3 Å². The maximum Gasteiger partial charge on any atom is 0.105 e. The van der Waals surface area contributed by atoms with Gasteiger partial charge in [-0.15, -0.1) is 23.2 Å². The highest BCUT2D eigenvalue weighted by molar-refractivity contribution is 6.43. The summed E-state index contributed by atoms with van der Waals surface area (Å²) in [6.07, 6.45) is 0. The fraction of sp³-hybridized carbons (Fsp3) is 1.00. The van der Waals surface area contributed by atoms with Gasteiger partial charge in [-0.1, -0.05) is 0 Å². The smallest absolute Gasteiger partial charge is 0.105 e. The van der Waals surface area contributed by atoms with E-state index < -0.39 is 0 Å². The predicted molar refractivity (Wildman–Crippen MR) is 29.3 cm³/mol. The predicted octanol–water partition coefficient (Wildman–Crippen LogP) is 1.42. The largest absolute Gasteiger partial charge is 0.400 e. The molecule has 3 heteroatoms. The summed E-state index contributed by atoms with van der Waals surface area (Å²) in [6.45, 7) is 1.70. The molecular weight excluding hydrogens is 123 g/mol. The van der Waals surface area contributed by atoms with Crippen LogP contribution in [-0.4, -0.2) is 17.1 Å². The number of halogens is 2. The van der Waals surface area contributed by atoms with Gasteiger partial charge in [0, 0.05) is 7.11 Å². The Bertz CT molecular complexity index is 13.5. The molecule has 0 aliphatic heterocycles. The lowest BCUT2D eigenvalue weighted by molar-refractivity contribution is 0.399. The van der Waals surface area contributed by atoms with Crippen LogP contribution in [0.5, 0.6) is 0 Å². The molecule has 0 amide bonds. The first-order valence-electron chi connectivity index (χ1n) is 1.46. The van der Waals surface area contributed by atoms with Crippen LogP contribution < -0.4 is 0 Å². The van der Waals surface area contributed by atoms with Gasteiger partial charge in [0.2, 0.25) is 0 Å². The molecule has 0 aromatic heterocycles. The Kier molecular flexibility index (Phi) is 14.8. The summed E-state index contributed by atoms with van der Waals surface area (Å²) < 4.78 is 0. The Labute approximate surface area is 47.9 Å². The molecule has 1 nitrogen and oxygen atoms in total. The standard InChI is InChI=1S/C2H4Cl2.CH4O/c1-2(3)4;1-2/h2H,1H3;2H,1H3. The first-order chi connectivity index (χ1) is 2.73. The van der Waals surface area contributed by atoms with Gasteiger partial charge in [0.15, 0.2) is 0 Å². The van der Waals surface area contributed by atoms with Crippen molar-refractivity contribution in [3.63, 3.8) is 0 Å². The zero-order valence-corrected chi connectivity index (χ0v) is 5.29. The molecule has 1 N–H and O–H groups in total. The van der Waals surface area contributed by atoms with Gasteiger partial charge in [0.05, 0.1) is 0 Å². The average molecular weight is 131 g/mol. The Morgan fingerprint density at radius 3 is 1.33 bits per heavy atom. The number of aliphatic hydroxyl groups excluding tert-OH is 1. The van der Waals surface area contributed by atoms with Crippen LogP contribution in [0.4, 0.5) is 0 Å². The summed E-state index contributed by atoms with van der Waals surface area (Å²) in [5, 5.41) is 7.00. The van der Waals surface area contributed by atoms with Gasteiger partial charge in [-0.3, -0.25) is 0 Å². The van der Waals surface area contributed by atoms with Crippen molar-refractivity contribution < 1.29 is 5.11 Å². The first kappa shape index (κ1) is 9.74. The van der Waals surface area contributed by atoms with Gasteiger partial charge in [-0.05, 0) is 6.92 Å². The van der Waals surface area contributed by atoms with Crippen LogP contribution in [0.1, 0.15) is 6.92 Å². The molecule has 0 radical (unpaired) electrons. The van der Waals surface area contributed by atoms with Crippen molar-refractivity contribution >= 4 is 23.2 Å². The van der Waals surface area contributed by atoms with E-state index in [1.807, 2.05) is 0 Å². The minimum absolute atomic E-state index is 0.222. The van der Waals surface area contributed by atoms with Gasteiger partial charge in [0.1, 0.15) is 4.84 Å². The summed E-state index contributed by atoms with van der Waals surface area (Å²) in [4.78, 5) is -0.222. The molecule has 0 bridgehead atoms. The highest BCUT2D eigenvalue weighted by Gasteiger charge is 1.75. The van der Waals surface area contributed by atoms with Crippen molar-refractivity contribution in [2.45, 2.75) is 11.8 Å². The maximum absolute atomic E-state index is 7.00. The summed E-state index contributed by atoms with van der Waals surface area (Å²) in [7, 11) is 1.00. The summed E-state index contributed by atoms with van der Waals surface area (Å²) >= 11 is 10.1. The van der Waals surface area contributed by atoms with E-state index >= 15 is 0 Å². The molecule has 0 fully saturated rings. The van der Waals surface area contributed by atoms with E-state index in [1.54, 1.807) is 6.92 Å². The van der Waals surface area contributed by atoms with Crippen molar-refractivity contribution in [1.29, 1.82) is 0 Å². The number of hydrogen-bond acceptors (Lipinski definition) is 1. The van der Waals surface area contributed by atoms with Crippen LogP contribution in [0, 0.1) is 0 Å². The van der Waals surface area contributed by atoms with E-state index in [0.717, 1.165) is 7.11 Å². The second kappa shape index (κ2) is 9.11. The molecule has 0 aromatic rings. The lowest BCUT2D eigenvalue weighted by Crippen LogP contribution is -1.63. The highest BCUT2D eigenvalue weighted by Crippen LogP contribution is 1.95. The molecule has 40 valence electrons. The molecule has 6 heavy (non-hydrogen) atoms. The maximum atomic E-state index is 7.00. The van der Waals surface area contributed by atoms with Gasteiger partial charge in [-0.2, -0.15) is 0 Å². The van der Waals surface area contributed by atoms with Crippen molar-refractivity contribution in [2.24, 2.45) is 0 Å². The second-order valence-electron chi connectivity index (χ2n) is 0.519. The minimum atomic E-state index is -0.222. The number of hydrogen-bond donors (Lipinski definition) is 1. The quantitative estimate of drug-likeness (QED) is 0.493. The Hall–Kier alpha value is 0.540. The van der Waals surface area contributed by atoms with Crippen LogP contribution >= 0.6 is 23.2 Å². The Morgan fingerprint density at radius 2 is 1.33 bits per heavy atom. The topological polar surface area (TPSA) is 20.2 Å². The Balaban J connectivity index is 0. The first-order valence-corrected chi connectivity index (χ1v) is 2.33. The van der Waals surface area contributed by atoms with Crippen molar-refractivity contribution in [3.8, 4) is 0 Å². The van der Waals surface area contributed by atoms with Crippen LogP contribution in [0.3, 0.4) is 0 Å². The van der Waals surface area contributed by atoms with Crippen LogP contribution in [0.25, 0.3) is 0 Å². The summed E-state index contributed by atoms with van der Waals surface area (Å²) in [6, 6.07) is 0. The highest BCUT2D eigenvalue weighted by atomic mass is 35.5. The third-order valence-corrected chi connectivity index (χ3v) is 0. The zero-order valence-electron chi connectivity index (χ0n) is 3.78. The van der Waals surface area contributed by atoms with Crippen molar-refractivity contribution in [2.75, 3.05) is 7.11 Å². The van der Waals surface area contributed by atoms with E-state index in [-0.39, 0.29) is 4.84 Å². The molecule has 0 atom stereocenters. The molecule has 0 saturated carbocycles. The zero-order chi connectivity index (χ0) is 5.58. The third kappa shape index (κ3) is 195. The fourth-order valence-corrected chi connectivity index (χ4v) is 0. The average Bonchev–Trinajstić information content (AvgIpc) is 1.41. The molecule has 0 heterocycles. The molecule has 0 aliphatic carbocycles. The normalized spacial score (nSPS) is 7.00. The molecule has 0 aliphatic rings. The SMILES string of the molecule is CC(Cl)Cl.CO. The van der Waals surface area contributed by atoms with Crippen molar-refractivity contribution in [1.82, 2.24) is 0 Å². The van der Waals surface area contributed by atoms with E-state index in [9.17, 15) is 0 Å². The van der Waals surface area contributed by atoms with Crippen LogP contribution in [-0.2, 0) is 0 Å². The number of aliphatic hydroxyl groups is 1. The van der Waals surface area contributed by atoms with E-state index in [2.05, 4.69) is 0 Å². The van der Waals surface area contributed by atoms with E-state index in [0.29, 0.717) is 0 Å². The van der Waals surface area contributed by atoms with Gasteiger partial charge < -0.3 is 5.11 Å². The molecule has 0 aromatic carbocycles. The third-order valence-electron chi connectivity index (χ3n) is 0. The molecular formula is C3H8Cl2O. The van der Waals surface area contributed by atoms with Crippen LogP contribution in [0.15, 0.2) is 0 Å².